The first-order valence-electron chi connectivity index (χ1n) is 12.6. The van der Waals surface area contributed by atoms with E-state index in [1.165, 1.54) is 17.3 Å². The van der Waals surface area contributed by atoms with Gasteiger partial charge in [-0.15, -0.1) is 5.10 Å². The molecule has 0 N–H and O–H groups in total. The Morgan fingerprint density at radius 3 is 2.54 bits per heavy atom. The van der Waals surface area contributed by atoms with Crippen LogP contribution in [0.5, 0.6) is 11.5 Å². The van der Waals surface area contributed by atoms with E-state index in [4.69, 9.17) is 13.9 Å². The SMILES string of the molecule is COc1cc(C=NN=C2SC(Cc3ccc(C)cc3)C(=O)N2Cc2ccco2)ccc1OCc1ccccc1. The van der Waals surface area contributed by atoms with E-state index >= 15 is 0 Å². The molecule has 1 aliphatic rings. The van der Waals surface area contributed by atoms with Crippen molar-refractivity contribution < 1.29 is 18.7 Å². The number of rotatable bonds is 10. The predicted octanol–water partition coefficient (Wildman–Crippen LogP) is 6.25. The lowest BCUT2D eigenvalue weighted by atomic mass is 10.1. The Hall–Kier alpha value is -4.30. The van der Waals surface area contributed by atoms with Crippen molar-refractivity contribution in [1.29, 1.82) is 0 Å². The van der Waals surface area contributed by atoms with Gasteiger partial charge in [0.05, 0.1) is 31.4 Å². The summed E-state index contributed by atoms with van der Waals surface area (Å²) in [6, 6.07) is 27.4. The van der Waals surface area contributed by atoms with Crippen molar-refractivity contribution in [3.8, 4) is 11.5 Å². The summed E-state index contributed by atoms with van der Waals surface area (Å²) in [7, 11) is 1.60. The van der Waals surface area contributed by atoms with Crippen molar-refractivity contribution in [3.63, 3.8) is 0 Å². The van der Waals surface area contributed by atoms with E-state index in [1.807, 2.05) is 67.6 Å². The summed E-state index contributed by atoms with van der Waals surface area (Å²) in [4.78, 5) is 15.0. The highest BCUT2D eigenvalue weighted by molar-refractivity contribution is 8.15. The van der Waals surface area contributed by atoms with E-state index in [0.717, 1.165) is 16.7 Å². The van der Waals surface area contributed by atoms with Crippen molar-refractivity contribution in [1.82, 2.24) is 4.90 Å². The standard InChI is InChI=1S/C31H29N3O4S/c1-22-10-12-23(13-11-22)18-29-30(35)34(20-26-9-6-16-37-26)31(39-29)33-32-19-25-14-15-27(28(17-25)36-2)38-21-24-7-4-3-5-8-24/h3-17,19,29H,18,20-21H2,1-2H3. The van der Waals surface area contributed by atoms with Gasteiger partial charge in [0.1, 0.15) is 12.4 Å². The monoisotopic (exact) mass is 539 g/mol. The average molecular weight is 540 g/mol. The number of methoxy groups -OCH3 is 1. The van der Waals surface area contributed by atoms with Crippen LogP contribution in [-0.4, -0.2) is 34.5 Å². The molecule has 5 rings (SSSR count). The highest BCUT2D eigenvalue weighted by Crippen LogP contribution is 2.32. The zero-order valence-corrected chi connectivity index (χ0v) is 22.6. The molecule has 7 nitrogen and oxygen atoms in total. The Balaban J connectivity index is 1.31. The first kappa shape index (κ1) is 26.3. The molecule has 0 radical (unpaired) electrons. The summed E-state index contributed by atoms with van der Waals surface area (Å²) in [6.07, 6.45) is 3.85. The van der Waals surface area contributed by atoms with Gasteiger partial charge in [-0.25, -0.2) is 0 Å². The minimum Gasteiger partial charge on any atom is -0.493 e. The predicted molar refractivity (Wildman–Crippen MR) is 154 cm³/mol. The Kier molecular flexibility index (Phi) is 8.43. The topological polar surface area (TPSA) is 76.6 Å². The molecule has 3 aromatic carbocycles. The van der Waals surface area contributed by atoms with Gasteiger partial charge in [0.15, 0.2) is 16.7 Å². The number of thioether (sulfide) groups is 1. The van der Waals surface area contributed by atoms with Gasteiger partial charge in [-0.2, -0.15) is 5.10 Å². The Labute approximate surface area is 232 Å². The van der Waals surface area contributed by atoms with Gasteiger partial charge >= 0.3 is 0 Å². The fourth-order valence-electron chi connectivity index (χ4n) is 4.12. The summed E-state index contributed by atoms with van der Waals surface area (Å²) < 4.78 is 17.0. The van der Waals surface area contributed by atoms with Crippen molar-refractivity contribution in [2.24, 2.45) is 10.2 Å². The quantitative estimate of drug-likeness (QED) is 0.176. The first-order chi connectivity index (χ1) is 19.1. The minimum absolute atomic E-state index is 0.00693. The number of amidine groups is 1. The number of nitrogens with zero attached hydrogens (tertiary/aromatic N) is 3. The van der Waals surface area contributed by atoms with Crippen LogP contribution in [0.25, 0.3) is 0 Å². The molecule has 1 saturated heterocycles. The number of aryl methyl sites for hydroxylation is 1. The highest BCUT2D eigenvalue weighted by atomic mass is 32.2. The third-order valence-electron chi connectivity index (χ3n) is 6.23. The van der Waals surface area contributed by atoms with Crippen LogP contribution in [0.4, 0.5) is 0 Å². The van der Waals surface area contributed by atoms with Gasteiger partial charge in [0, 0.05) is 0 Å². The fourth-order valence-corrected chi connectivity index (χ4v) is 5.26. The summed E-state index contributed by atoms with van der Waals surface area (Å²) >= 11 is 1.42. The van der Waals surface area contributed by atoms with E-state index in [2.05, 4.69) is 34.5 Å². The second kappa shape index (κ2) is 12.5. The van der Waals surface area contributed by atoms with E-state index in [-0.39, 0.29) is 11.2 Å². The summed E-state index contributed by atoms with van der Waals surface area (Å²) in [5, 5.41) is 9.00. The molecule has 1 amide bonds. The molecule has 0 spiro atoms. The van der Waals surface area contributed by atoms with Crippen LogP contribution < -0.4 is 9.47 Å². The molecule has 39 heavy (non-hydrogen) atoms. The van der Waals surface area contributed by atoms with Crippen LogP contribution in [-0.2, 0) is 24.4 Å². The summed E-state index contributed by atoms with van der Waals surface area (Å²) in [5.41, 5.74) is 4.17. The van der Waals surface area contributed by atoms with Crippen LogP contribution >= 0.6 is 11.8 Å². The molecule has 1 atom stereocenters. The molecule has 198 valence electrons. The van der Waals surface area contributed by atoms with Crippen molar-refractivity contribution >= 4 is 29.1 Å². The van der Waals surface area contributed by atoms with Crippen LogP contribution in [0.3, 0.4) is 0 Å². The normalized spacial score (nSPS) is 16.4. The maximum atomic E-state index is 13.3. The molecule has 8 heteroatoms. The molecule has 2 heterocycles. The van der Waals surface area contributed by atoms with Crippen molar-refractivity contribution in [2.45, 2.75) is 31.7 Å². The van der Waals surface area contributed by atoms with Crippen molar-refractivity contribution in [3.05, 3.63) is 119 Å². The first-order valence-corrected chi connectivity index (χ1v) is 13.5. The van der Waals surface area contributed by atoms with Gasteiger partial charge in [-0.3, -0.25) is 9.69 Å². The van der Waals surface area contributed by atoms with Crippen LogP contribution in [0.1, 0.15) is 28.0 Å². The second-order valence-electron chi connectivity index (χ2n) is 9.11. The number of carbonyl (C=O) groups excluding carboxylic acids is 1. The van der Waals surface area contributed by atoms with E-state index in [1.54, 1.807) is 24.5 Å². The minimum atomic E-state index is -0.280. The summed E-state index contributed by atoms with van der Waals surface area (Å²) in [6.45, 7) is 2.80. The van der Waals surface area contributed by atoms with Gasteiger partial charge in [-0.1, -0.05) is 71.9 Å². The second-order valence-corrected chi connectivity index (χ2v) is 10.3. The number of amides is 1. The van der Waals surface area contributed by atoms with Crippen LogP contribution in [0.2, 0.25) is 0 Å². The molecule has 1 unspecified atom stereocenters. The average Bonchev–Trinajstić information content (AvgIpc) is 3.58. The van der Waals surface area contributed by atoms with Gasteiger partial charge < -0.3 is 13.9 Å². The Morgan fingerprint density at radius 2 is 1.79 bits per heavy atom. The molecule has 0 aliphatic carbocycles. The van der Waals surface area contributed by atoms with Crippen molar-refractivity contribution in [2.75, 3.05) is 7.11 Å². The third kappa shape index (κ3) is 6.78. The maximum absolute atomic E-state index is 13.3. The van der Waals surface area contributed by atoms with Crippen LogP contribution in [0, 0.1) is 6.92 Å². The molecule has 1 fully saturated rings. The van der Waals surface area contributed by atoms with E-state index in [0.29, 0.717) is 42.0 Å². The zero-order chi connectivity index (χ0) is 27.0. The molecule has 1 aliphatic heterocycles. The number of ether oxygens (including phenoxy) is 2. The lowest BCUT2D eigenvalue weighted by molar-refractivity contribution is -0.126. The largest absolute Gasteiger partial charge is 0.493 e. The fraction of sp³-hybridized carbons (Fsp3) is 0.194. The Bertz CT molecular complexity index is 1450. The Morgan fingerprint density at radius 1 is 0.974 bits per heavy atom. The highest BCUT2D eigenvalue weighted by Gasteiger charge is 2.38. The third-order valence-corrected chi connectivity index (χ3v) is 7.40. The van der Waals surface area contributed by atoms with Gasteiger partial charge in [0.25, 0.3) is 0 Å². The zero-order valence-electron chi connectivity index (χ0n) is 21.8. The number of carbonyl (C=O) groups is 1. The van der Waals surface area contributed by atoms with E-state index < -0.39 is 0 Å². The lowest BCUT2D eigenvalue weighted by Crippen LogP contribution is -2.32. The molecule has 0 bridgehead atoms. The number of hydrogen-bond acceptors (Lipinski definition) is 7. The maximum Gasteiger partial charge on any atom is 0.242 e. The summed E-state index contributed by atoms with van der Waals surface area (Å²) in [5.74, 6) is 1.93. The van der Waals surface area contributed by atoms with Crippen LogP contribution in [0.15, 0.2) is 106 Å². The molecular weight excluding hydrogens is 510 g/mol. The number of benzene rings is 3. The van der Waals surface area contributed by atoms with Gasteiger partial charge in [-0.05, 0) is 60.4 Å². The smallest absolute Gasteiger partial charge is 0.242 e. The molecule has 4 aromatic rings. The molecule has 1 aromatic heterocycles. The molecule has 0 saturated carbocycles. The number of hydrogen-bond donors (Lipinski definition) is 0. The van der Waals surface area contributed by atoms with Gasteiger partial charge in [0.2, 0.25) is 5.91 Å². The number of furan rings is 1. The lowest BCUT2D eigenvalue weighted by Gasteiger charge is -2.14. The van der Waals surface area contributed by atoms with E-state index in [9.17, 15) is 4.79 Å². The molecular formula is C31H29N3O4S.